The van der Waals surface area contributed by atoms with Gasteiger partial charge in [-0.2, -0.15) is 0 Å². The van der Waals surface area contributed by atoms with Gasteiger partial charge in [0.2, 0.25) is 53.4 Å². The average molecular weight is 1770 g/mol. The fourth-order valence-corrected chi connectivity index (χ4v) is 15.1. The standard InChI is InChI=1S/C84H94Cl3N9O27/c1-35(2)23-51(89-7)75(107)95-66-68(102)42-16-21-55(49(86)25-42)120-57-27-44-28-58(72(57)123-83-73(71(105)70(104)60(33-97)122-83)119-37(4)118-36(3)74(106)84(5,6)90-32-59(82(115)116-8)117-34-38-9-11-39(12-10-38)40-13-18-45(85)19-14-40)121-56-22-17-43(26-50(56)87)69(103)67-80(112)94-65(81(113)114)48-29-46(98)30-54(100)62(48)47-24-41(15-20-53(47)99)63(77(109)96-67)93-78(110)64(44)92-76(108)52(31-61(88)101)91-79(66)111/h9-22,24-30,35-37,51-52,59-60,63-71,73-74,83,89-90,97-100,102-106H,23,31-34H2,1-8H3,(H2,88,101)(H,91,111)(H,92,108)(H,93,110)(H,94,112)(H,95,107)(H,96,109)(H,113,114)/t36?,37?,51-,52+,59?,60?,63?,64-,65-,66?,67+,68-,69-,70?,71?,73?,74?,83?/m1/s1. The Kier molecular flexibility index (Phi) is 29.9. The molecular weight excluding hydrogens is 1670 g/mol. The summed E-state index contributed by atoms with van der Waals surface area (Å²) in [5.41, 5.74) is 4.03. The molecule has 1 saturated heterocycles. The molecule has 11 unspecified atom stereocenters. The number of esters is 1. The number of ether oxygens (including phenoxy) is 8. The van der Waals surface area contributed by atoms with E-state index < -0.39 is 254 Å². The number of rotatable bonds is 25. The lowest BCUT2D eigenvalue weighted by Crippen LogP contribution is -2.62. The number of hydrogen-bond acceptors (Lipinski definition) is 28. The van der Waals surface area contributed by atoms with Crippen LogP contribution in [-0.2, 0) is 73.4 Å². The second-order valence-electron chi connectivity index (χ2n) is 30.8. The Balaban J connectivity index is 1.03. The van der Waals surface area contributed by atoms with Crippen molar-refractivity contribution >= 4 is 88.1 Å². The van der Waals surface area contributed by atoms with Crippen LogP contribution in [0.25, 0.3) is 22.3 Å². The second-order valence-corrected chi connectivity index (χ2v) is 32.0. The van der Waals surface area contributed by atoms with Gasteiger partial charge >= 0.3 is 11.9 Å². The van der Waals surface area contributed by atoms with Gasteiger partial charge in [-0.1, -0.05) is 103 Å². The number of carbonyl (C=O) groups is 9. The molecule has 11 bridgehead atoms. The number of methoxy groups -OCH3 is 1. The minimum atomic E-state index is -2.39. The number of carbonyl (C=O) groups excluding carboxylic acids is 8. The Hall–Kier alpha value is -11.0. The van der Waals surface area contributed by atoms with Crippen LogP contribution in [0.3, 0.4) is 0 Å². The zero-order chi connectivity index (χ0) is 89.5. The van der Waals surface area contributed by atoms with Gasteiger partial charge in [0.15, 0.2) is 36.0 Å². The van der Waals surface area contributed by atoms with E-state index >= 15 is 14.4 Å². The molecule has 123 heavy (non-hydrogen) atoms. The summed E-state index contributed by atoms with van der Waals surface area (Å²) >= 11 is 20.4. The summed E-state index contributed by atoms with van der Waals surface area (Å²) in [5.74, 6) is -17.1. The number of aliphatic hydroxyl groups is 6. The van der Waals surface area contributed by atoms with Gasteiger partial charge in [-0.15, -0.1) is 0 Å². The lowest BCUT2D eigenvalue weighted by atomic mass is 9.89. The van der Waals surface area contributed by atoms with Crippen molar-refractivity contribution in [2.75, 3.05) is 27.3 Å². The number of nitrogens with two attached hydrogens (primary N) is 1. The largest absolute Gasteiger partial charge is 0.508 e. The highest BCUT2D eigenvalue weighted by atomic mass is 35.5. The van der Waals surface area contributed by atoms with E-state index in [0.717, 1.165) is 83.4 Å². The number of likely N-dealkylation sites (N-methyl/N-ethyl adjacent to an activating group) is 1. The molecule has 0 spiro atoms. The molecule has 0 saturated carbocycles. The molecule has 0 aliphatic carbocycles. The number of aliphatic carboxylic acids is 1. The van der Waals surface area contributed by atoms with E-state index in [2.05, 4.69) is 42.5 Å². The first-order valence-corrected chi connectivity index (χ1v) is 39.9. The highest BCUT2D eigenvalue weighted by Gasteiger charge is 2.50. The first kappa shape index (κ1) is 92.7. The van der Waals surface area contributed by atoms with Crippen molar-refractivity contribution in [2.24, 2.45) is 11.7 Å². The topological polar surface area (TPSA) is 552 Å². The van der Waals surface area contributed by atoms with Crippen LogP contribution < -0.4 is 62.5 Å². The number of benzene rings is 7. The van der Waals surface area contributed by atoms with Crippen molar-refractivity contribution in [2.45, 2.75) is 176 Å². The number of halogens is 3. The van der Waals surface area contributed by atoms with Gasteiger partial charge in [0.1, 0.15) is 89.5 Å². The van der Waals surface area contributed by atoms with Crippen molar-refractivity contribution in [3.8, 4) is 68.2 Å². The number of phenolic OH excluding ortho intramolecular Hbond substituents is 3. The van der Waals surface area contributed by atoms with Gasteiger partial charge in [-0.3, -0.25) is 33.6 Å². The quantitative estimate of drug-likeness (QED) is 0.0277. The number of nitrogens with one attached hydrogen (secondary N) is 8. The summed E-state index contributed by atoms with van der Waals surface area (Å²) in [5, 5.41) is 137. The van der Waals surface area contributed by atoms with Crippen molar-refractivity contribution in [1.29, 1.82) is 0 Å². The molecule has 13 rings (SSSR count). The number of aliphatic hydroxyl groups excluding tert-OH is 6. The molecule has 7 amide bonds. The molecule has 20 N–H and O–H groups in total. The summed E-state index contributed by atoms with van der Waals surface area (Å²) in [7, 11) is 2.65. The van der Waals surface area contributed by atoms with E-state index in [1.807, 2.05) is 50.2 Å². The third-order valence-corrected chi connectivity index (χ3v) is 21.9. The van der Waals surface area contributed by atoms with Crippen LogP contribution in [0, 0.1) is 5.92 Å². The molecular formula is C84H94Cl3N9O27. The Morgan fingerprint density at radius 3 is 1.84 bits per heavy atom. The average Bonchev–Trinajstić information content (AvgIpc) is 0.761. The first-order valence-electron chi connectivity index (χ1n) is 38.7. The summed E-state index contributed by atoms with van der Waals surface area (Å²) < 4.78 is 50.1. The van der Waals surface area contributed by atoms with Crippen LogP contribution >= 0.6 is 34.8 Å². The molecule has 6 aliphatic heterocycles. The molecule has 36 nitrogen and oxygen atoms in total. The van der Waals surface area contributed by atoms with Gasteiger partial charge in [0.05, 0.1) is 55.0 Å². The number of fused-ring (bicyclic) bond motifs is 15. The van der Waals surface area contributed by atoms with E-state index in [9.17, 15) is 79.8 Å². The smallest absolute Gasteiger partial charge is 0.336 e. The molecule has 6 aliphatic rings. The normalized spacial score (nSPS) is 23.6. The Labute approximate surface area is 718 Å². The van der Waals surface area contributed by atoms with Crippen molar-refractivity contribution < 1.29 is 132 Å². The summed E-state index contributed by atoms with van der Waals surface area (Å²) in [6, 6.07) is 13.7. The monoisotopic (exact) mass is 1770 g/mol. The molecule has 0 radical (unpaired) electrons. The molecule has 7 aromatic carbocycles. The summed E-state index contributed by atoms with van der Waals surface area (Å²) in [6.45, 7) is 8.40. The van der Waals surface area contributed by atoms with Crippen molar-refractivity contribution in [1.82, 2.24) is 42.5 Å². The predicted octanol–water partition coefficient (Wildman–Crippen LogP) is 4.45. The molecule has 1 fully saturated rings. The van der Waals surface area contributed by atoms with Crippen molar-refractivity contribution in [3.05, 3.63) is 176 Å². The van der Waals surface area contributed by atoms with Gasteiger partial charge in [0.25, 0.3) is 0 Å². The van der Waals surface area contributed by atoms with E-state index in [4.69, 9.17) is 78.4 Å². The Morgan fingerprint density at radius 2 is 1.25 bits per heavy atom. The highest BCUT2D eigenvalue weighted by Crippen LogP contribution is 2.50. The molecule has 7 aromatic rings. The zero-order valence-electron chi connectivity index (χ0n) is 67.3. The summed E-state index contributed by atoms with van der Waals surface area (Å²) in [4.78, 5) is 131. The minimum absolute atomic E-state index is 0.0202. The van der Waals surface area contributed by atoms with Gasteiger partial charge in [-0.05, 0) is 153 Å². The number of carboxylic acid groups (broad SMARTS) is 1. The number of aromatic hydroxyl groups is 3. The SMILES string of the molecule is CN[C@H](CC(C)C)C(=O)NC1C(=O)N[C@@H](CC(N)=O)C(=O)N[C@H]2C(=O)NC3C(=O)N[C@H](C(=O)N[C@@H](C(=O)O)c4cc(O)cc(O)c4-c4cc3ccc4O)[C@H](O)c3ccc(c(Cl)c3)Oc3cc2cc(c3OC2OC(CO)C(O)C(O)C2OC(C)OC(C)C(O)C(C)(C)NCC(OCc2ccc(-c3ccc(Cl)cc3)cc2)C(=O)OC)Oc2ccc(cc2Cl)[C@H]1O. The maximum absolute atomic E-state index is 16.2. The number of amides is 7. The van der Waals surface area contributed by atoms with E-state index in [-0.39, 0.29) is 47.9 Å². The van der Waals surface area contributed by atoms with E-state index in [1.54, 1.807) is 26.0 Å². The van der Waals surface area contributed by atoms with Gasteiger partial charge in [-0.25, -0.2) is 9.59 Å². The third kappa shape index (κ3) is 21.6. The van der Waals surface area contributed by atoms with Crippen LogP contribution in [0.5, 0.6) is 46.0 Å². The number of carboxylic acids is 1. The highest BCUT2D eigenvalue weighted by molar-refractivity contribution is 6.32. The molecule has 658 valence electrons. The second kappa shape index (κ2) is 39.6. The van der Waals surface area contributed by atoms with E-state index in [1.165, 1.54) is 40.1 Å². The van der Waals surface area contributed by atoms with Gasteiger partial charge < -0.3 is 137 Å². The first-order chi connectivity index (χ1) is 58.3. The van der Waals surface area contributed by atoms with Crippen LogP contribution in [0.4, 0.5) is 0 Å². The lowest BCUT2D eigenvalue weighted by Gasteiger charge is -2.43. The molecule has 18 atom stereocenters. The molecule has 6 heterocycles. The number of primary amides is 1. The van der Waals surface area contributed by atoms with Gasteiger partial charge in [0, 0.05) is 39.9 Å². The number of phenols is 3. The van der Waals surface area contributed by atoms with E-state index in [0.29, 0.717) is 5.02 Å². The predicted molar refractivity (Wildman–Crippen MR) is 437 cm³/mol. The summed E-state index contributed by atoms with van der Waals surface area (Å²) in [6.07, 6.45) is -20.6. The molecule has 39 heteroatoms. The van der Waals surface area contributed by atoms with Crippen LogP contribution in [-0.4, -0.2) is 217 Å². The molecule has 0 aromatic heterocycles. The maximum atomic E-state index is 16.2. The number of hydrogen-bond donors (Lipinski definition) is 19. The third-order valence-electron chi connectivity index (χ3n) is 21.1. The minimum Gasteiger partial charge on any atom is -0.508 e. The van der Waals surface area contributed by atoms with Crippen LogP contribution in [0.2, 0.25) is 15.1 Å². The Morgan fingerprint density at radius 1 is 0.659 bits per heavy atom. The van der Waals surface area contributed by atoms with Crippen LogP contribution in [0.1, 0.15) is 118 Å². The van der Waals surface area contributed by atoms with Crippen LogP contribution in [0.15, 0.2) is 127 Å². The fraction of sp³-hybridized carbons (Fsp3) is 0.393. The van der Waals surface area contributed by atoms with Crippen molar-refractivity contribution in [3.63, 3.8) is 0 Å². The maximum Gasteiger partial charge on any atom is 0.336 e. The lowest BCUT2D eigenvalue weighted by molar-refractivity contribution is -0.320. The fourth-order valence-electron chi connectivity index (χ4n) is 14.5. The Bertz CT molecular complexity index is 5110. The zero-order valence-corrected chi connectivity index (χ0v) is 69.5.